The highest BCUT2D eigenvalue weighted by Crippen LogP contribution is 2.31. The number of carbonyl (C=O) groups excluding carboxylic acids is 2. The van der Waals surface area contributed by atoms with Crippen LogP contribution >= 0.6 is 0 Å². The lowest BCUT2D eigenvalue weighted by atomic mass is 9.99. The van der Waals surface area contributed by atoms with Crippen LogP contribution in [0.2, 0.25) is 0 Å². The summed E-state index contributed by atoms with van der Waals surface area (Å²) in [4.78, 5) is 22.5. The summed E-state index contributed by atoms with van der Waals surface area (Å²) in [5, 5.41) is 0. The fraction of sp³-hybridized carbons (Fsp3) is 0.0370. The first kappa shape index (κ1) is 24.1. The van der Waals surface area contributed by atoms with Crippen molar-refractivity contribution >= 4 is 11.9 Å². The summed E-state index contributed by atoms with van der Waals surface area (Å²) >= 11 is 0. The molecule has 0 saturated heterocycles. The van der Waals surface area contributed by atoms with Crippen molar-refractivity contribution in [2.75, 3.05) is 0 Å². The third kappa shape index (κ3) is 6.04. The van der Waals surface area contributed by atoms with Gasteiger partial charge in [0.05, 0.1) is 0 Å². The number of rotatable bonds is 8. The Morgan fingerprint density at radius 3 is 2.12 bits per heavy atom. The van der Waals surface area contributed by atoms with Gasteiger partial charge in [-0.25, -0.2) is 18.4 Å². The van der Waals surface area contributed by atoms with E-state index in [1.165, 1.54) is 18.2 Å². The summed E-state index contributed by atoms with van der Waals surface area (Å²) in [6.07, 6.45) is 2.92. The lowest BCUT2D eigenvalue weighted by Gasteiger charge is -2.09. The monoisotopic (exact) mass is 462 g/mol. The molecule has 0 heterocycles. The molecule has 0 aliphatic heterocycles. The van der Waals surface area contributed by atoms with Crippen molar-refractivity contribution in [2.45, 2.75) is 6.92 Å². The number of benzene rings is 3. The number of hydrogen-bond donors (Lipinski definition) is 0. The van der Waals surface area contributed by atoms with E-state index in [9.17, 15) is 18.4 Å². The van der Waals surface area contributed by atoms with E-state index in [2.05, 4.69) is 17.9 Å². The van der Waals surface area contributed by atoms with Crippen molar-refractivity contribution in [1.29, 1.82) is 0 Å². The summed E-state index contributed by atoms with van der Waals surface area (Å²) in [6, 6.07) is 15.2. The summed E-state index contributed by atoms with van der Waals surface area (Å²) in [5.41, 5.74) is 2.11. The average Bonchev–Trinajstić information content (AvgIpc) is 2.82. The van der Waals surface area contributed by atoms with E-state index in [4.69, 9.17) is 9.47 Å². The molecule has 3 aromatic carbocycles. The molecule has 0 aromatic heterocycles. The van der Waals surface area contributed by atoms with Crippen LogP contribution in [0.4, 0.5) is 8.78 Å². The Morgan fingerprint density at radius 1 is 0.853 bits per heavy atom. The minimum Gasteiger partial charge on any atom is -0.459 e. The standard InChI is InChI=1S/C27H20F2O5/c1-4-26(30)33-14-13-32-25-12-8-20(16-24(25)29)22-11-7-19(15-23(22)28)18-5-9-21(10-6-18)34-27(31)17(2)3/h4-16H,1-2H2,3H3. The van der Waals surface area contributed by atoms with Gasteiger partial charge in [-0.1, -0.05) is 43.5 Å². The molecule has 0 aliphatic rings. The SMILES string of the molecule is C=CC(=O)OC=COc1ccc(-c2ccc(-c3ccc(OC(=O)C(=C)C)cc3)cc2F)cc1F. The molecule has 3 aromatic rings. The molecule has 5 nitrogen and oxygen atoms in total. The largest absolute Gasteiger partial charge is 0.459 e. The molecule has 0 radical (unpaired) electrons. The maximum atomic E-state index is 14.9. The van der Waals surface area contributed by atoms with E-state index in [0.29, 0.717) is 22.4 Å². The van der Waals surface area contributed by atoms with E-state index < -0.39 is 23.6 Å². The molecular weight excluding hydrogens is 442 g/mol. The molecule has 0 fully saturated rings. The first-order valence-corrected chi connectivity index (χ1v) is 10.0. The fourth-order valence-corrected chi connectivity index (χ4v) is 2.85. The van der Waals surface area contributed by atoms with Crippen LogP contribution in [0.3, 0.4) is 0 Å². The van der Waals surface area contributed by atoms with Gasteiger partial charge in [0, 0.05) is 17.2 Å². The van der Waals surface area contributed by atoms with Gasteiger partial charge in [-0.2, -0.15) is 0 Å². The van der Waals surface area contributed by atoms with E-state index in [1.807, 2.05) is 0 Å². The average molecular weight is 462 g/mol. The van der Waals surface area contributed by atoms with Gasteiger partial charge in [0.25, 0.3) is 0 Å². The summed E-state index contributed by atoms with van der Waals surface area (Å²) in [5.74, 6) is -2.25. The Hall–Kier alpha value is -4.52. The van der Waals surface area contributed by atoms with Crippen LogP contribution in [0.5, 0.6) is 11.5 Å². The molecule has 0 unspecified atom stereocenters. The highest BCUT2D eigenvalue weighted by molar-refractivity contribution is 5.88. The lowest BCUT2D eigenvalue weighted by molar-refractivity contribution is -0.132. The maximum Gasteiger partial charge on any atom is 0.338 e. The molecule has 172 valence electrons. The summed E-state index contributed by atoms with van der Waals surface area (Å²) in [6.45, 7) is 8.31. The van der Waals surface area contributed by atoms with Crippen molar-refractivity contribution < 1.29 is 32.6 Å². The van der Waals surface area contributed by atoms with Gasteiger partial charge in [-0.3, -0.25) is 0 Å². The first-order chi connectivity index (χ1) is 16.3. The molecule has 0 N–H and O–H groups in total. The number of esters is 2. The molecular formula is C27H20F2O5. The van der Waals surface area contributed by atoms with Gasteiger partial charge >= 0.3 is 11.9 Å². The predicted molar refractivity (Wildman–Crippen MR) is 124 cm³/mol. The normalized spacial score (nSPS) is 10.6. The smallest absolute Gasteiger partial charge is 0.338 e. The van der Waals surface area contributed by atoms with Gasteiger partial charge in [-0.05, 0) is 53.9 Å². The van der Waals surface area contributed by atoms with Crippen LogP contribution in [0.1, 0.15) is 6.92 Å². The predicted octanol–water partition coefficient (Wildman–Crippen LogP) is 6.36. The van der Waals surface area contributed by atoms with Crippen molar-refractivity contribution in [3.8, 4) is 33.8 Å². The van der Waals surface area contributed by atoms with Gasteiger partial charge < -0.3 is 14.2 Å². The van der Waals surface area contributed by atoms with E-state index in [-0.39, 0.29) is 16.9 Å². The van der Waals surface area contributed by atoms with Crippen molar-refractivity contribution in [1.82, 2.24) is 0 Å². The second-order valence-electron chi connectivity index (χ2n) is 7.07. The topological polar surface area (TPSA) is 61.8 Å². The molecule has 0 atom stereocenters. The Kier molecular flexibility index (Phi) is 7.71. The zero-order valence-corrected chi connectivity index (χ0v) is 18.2. The molecule has 0 saturated carbocycles. The highest BCUT2D eigenvalue weighted by Gasteiger charge is 2.12. The fourth-order valence-electron chi connectivity index (χ4n) is 2.85. The van der Waals surface area contributed by atoms with Crippen molar-refractivity contribution in [3.63, 3.8) is 0 Å². The quantitative estimate of drug-likeness (QED) is 0.169. The second kappa shape index (κ2) is 10.9. The second-order valence-corrected chi connectivity index (χ2v) is 7.07. The molecule has 7 heteroatoms. The molecule has 0 bridgehead atoms. The first-order valence-electron chi connectivity index (χ1n) is 10.0. The Balaban J connectivity index is 1.74. The van der Waals surface area contributed by atoms with Gasteiger partial charge in [-0.15, -0.1) is 0 Å². The van der Waals surface area contributed by atoms with Gasteiger partial charge in [0.1, 0.15) is 24.1 Å². The third-order valence-electron chi connectivity index (χ3n) is 4.56. The third-order valence-corrected chi connectivity index (χ3v) is 4.56. The van der Waals surface area contributed by atoms with Crippen molar-refractivity contribution in [3.05, 3.63) is 110 Å². The molecule has 0 amide bonds. The van der Waals surface area contributed by atoms with Crippen LogP contribution in [0, 0.1) is 11.6 Å². The summed E-state index contributed by atoms with van der Waals surface area (Å²) < 4.78 is 44.1. The van der Waals surface area contributed by atoms with Crippen LogP contribution in [0.15, 0.2) is 98.0 Å². The molecule has 3 rings (SSSR count). The van der Waals surface area contributed by atoms with Crippen LogP contribution < -0.4 is 9.47 Å². The van der Waals surface area contributed by atoms with E-state index in [1.54, 1.807) is 43.3 Å². The van der Waals surface area contributed by atoms with Crippen LogP contribution in [-0.2, 0) is 14.3 Å². The van der Waals surface area contributed by atoms with Crippen LogP contribution in [-0.4, -0.2) is 11.9 Å². The maximum absolute atomic E-state index is 14.9. The minimum absolute atomic E-state index is 0.126. The Morgan fingerprint density at radius 2 is 1.50 bits per heavy atom. The number of halogens is 2. The molecule has 34 heavy (non-hydrogen) atoms. The number of ether oxygens (including phenoxy) is 3. The van der Waals surface area contributed by atoms with Gasteiger partial charge in [0.15, 0.2) is 11.6 Å². The minimum atomic E-state index is -0.722. The summed E-state index contributed by atoms with van der Waals surface area (Å²) in [7, 11) is 0. The number of hydrogen-bond acceptors (Lipinski definition) is 5. The van der Waals surface area contributed by atoms with E-state index >= 15 is 0 Å². The van der Waals surface area contributed by atoms with Crippen LogP contribution in [0.25, 0.3) is 22.3 Å². The van der Waals surface area contributed by atoms with Crippen molar-refractivity contribution in [2.24, 2.45) is 0 Å². The lowest BCUT2D eigenvalue weighted by Crippen LogP contribution is -2.07. The Bertz CT molecular complexity index is 1280. The highest BCUT2D eigenvalue weighted by atomic mass is 19.1. The zero-order chi connectivity index (χ0) is 24.7. The molecule has 0 spiro atoms. The Labute approximate surface area is 195 Å². The van der Waals surface area contributed by atoms with E-state index in [0.717, 1.165) is 24.7 Å². The molecule has 0 aliphatic carbocycles. The number of carbonyl (C=O) groups is 2. The van der Waals surface area contributed by atoms with Gasteiger partial charge in [0.2, 0.25) is 0 Å². The zero-order valence-electron chi connectivity index (χ0n) is 18.2.